The summed E-state index contributed by atoms with van der Waals surface area (Å²) in [7, 11) is 5.30. The first-order valence-corrected chi connectivity index (χ1v) is 11.8. The molecule has 2 amide bonds. The molecular formula is C23H44N4O5. The maximum absolute atomic E-state index is 12.1. The molecule has 0 saturated carbocycles. The molecule has 9 heteroatoms. The summed E-state index contributed by atoms with van der Waals surface area (Å²) in [6.45, 7) is 9.31. The third-order valence-corrected chi connectivity index (χ3v) is 6.07. The lowest BCUT2D eigenvalue weighted by atomic mass is 10.0. The molecule has 0 bridgehead atoms. The molecule has 0 spiro atoms. The number of hydrogen-bond acceptors (Lipinski definition) is 7. The summed E-state index contributed by atoms with van der Waals surface area (Å²) in [5.41, 5.74) is 0. The molecule has 0 aromatic carbocycles. The Balaban J connectivity index is 0.000000323. The van der Waals surface area contributed by atoms with Crippen LogP contribution in [0.2, 0.25) is 0 Å². The van der Waals surface area contributed by atoms with Crippen molar-refractivity contribution >= 4 is 17.8 Å². The minimum atomic E-state index is -0.329. The second-order valence-corrected chi connectivity index (χ2v) is 8.85. The van der Waals surface area contributed by atoms with Crippen LogP contribution in [0.1, 0.15) is 46.5 Å². The van der Waals surface area contributed by atoms with E-state index in [1.54, 1.807) is 26.0 Å². The number of likely N-dealkylation sites (tertiary alicyclic amines) is 2. The fourth-order valence-electron chi connectivity index (χ4n) is 4.15. The van der Waals surface area contributed by atoms with Gasteiger partial charge in [-0.2, -0.15) is 0 Å². The molecular weight excluding hydrogens is 412 g/mol. The van der Waals surface area contributed by atoms with Gasteiger partial charge >= 0.3 is 5.97 Å². The smallest absolute Gasteiger partial charge is 0.325 e. The van der Waals surface area contributed by atoms with Crippen molar-refractivity contribution in [2.75, 3.05) is 60.6 Å². The second kappa shape index (κ2) is 15.2. The number of hydrogen-bond donors (Lipinski definition) is 2. The van der Waals surface area contributed by atoms with Gasteiger partial charge in [0.1, 0.15) is 6.54 Å². The molecule has 2 heterocycles. The van der Waals surface area contributed by atoms with E-state index in [9.17, 15) is 14.4 Å². The van der Waals surface area contributed by atoms with Gasteiger partial charge in [0.05, 0.1) is 25.3 Å². The van der Waals surface area contributed by atoms with Gasteiger partial charge in [-0.3, -0.25) is 14.4 Å². The molecule has 2 saturated heterocycles. The summed E-state index contributed by atoms with van der Waals surface area (Å²) < 4.78 is 9.91. The van der Waals surface area contributed by atoms with E-state index in [-0.39, 0.29) is 36.4 Å². The number of likely N-dealkylation sites (N-methyl/N-ethyl adjacent to an activating group) is 2. The van der Waals surface area contributed by atoms with E-state index in [4.69, 9.17) is 9.47 Å². The van der Waals surface area contributed by atoms with Gasteiger partial charge in [0.25, 0.3) is 0 Å². The van der Waals surface area contributed by atoms with Crippen molar-refractivity contribution in [1.29, 1.82) is 0 Å². The number of methoxy groups -OCH3 is 1. The predicted octanol–water partition coefficient (Wildman–Crippen LogP) is 0.875. The van der Waals surface area contributed by atoms with Crippen LogP contribution in [0.5, 0.6) is 0 Å². The van der Waals surface area contributed by atoms with Crippen molar-refractivity contribution < 1.29 is 23.9 Å². The van der Waals surface area contributed by atoms with Gasteiger partial charge in [0.2, 0.25) is 11.8 Å². The maximum atomic E-state index is 12.1. The number of rotatable bonds is 8. The zero-order valence-corrected chi connectivity index (χ0v) is 20.8. The quantitative estimate of drug-likeness (QED) is 0.523. The van der Waals surface area contributed by atoms with Crippen LogP contribution >= 0.6 is 0 Å². The number of carbonyl (C=O) groups excluding carboxylic acids is 3. The number of esters is 1. The fourth-order valence-corrected chi connectivity index (χ4v) is 4.15. The molecule has 2 rings (SSSR count). The van der Waals surface area contributed by atoms with Crippen LogP contribution in [0.25, 0.3) is 0 Å². The summed E-state index contributed by atoms with van der Waals surface area (Å²) in [4.78, 5) is 39.1. The first-order valence-electron chi connectivity index (χ1n) is 11.8. The summed E-state index contributed by atoms with van der Waals surface area (Å²) in [6, 6.07) is -0.179. The van der Waals surface area contributed by atoms with Gasteiger partial charge in [-0.1, -0.05) is 13.8 Å². The Bertz CT molecular complexity index is 589. The van der Waals surface area contributed by atoms with Gasteiger partial charge in [-0.25, -0.2) is 0 Å². The van der Waals surface area contributed by atoms with Crippen molar-refractivity contribution in [1.82, 2.24) is 20.4 Å². The third-order valence-electron chi connectivity index (χ3n) is 6.07. The van der Waals surface area contributed by atoms with Gasteiger partial charge in [-0.05, 0) is 58.5 Å². The monoisotopic (exact) mass is 456 g/mol. The number of nitrogens with one attached hydrogen (secondary N) is 2. The third kappa shape index (κ3) is 9.42. The molecule has 0 aromatic heterocycles. The van der Waals surface area contributed by atoms with Crippen molar-refractivity contribution in [2.45, 2.75) is 58.5 Å². The molecule has 2 N–H and O–H groups in total. The van der Waals surface area contributed by atoms with Crippen LogP contribution in [-0.2, 0) is 23.9 Å². The maximum Gasteiger partial charge on any atom is 0.325 e. The summed E-state index contributed by atoms with van der Waals surface area (Å²) in [5.74, 6) is 0.907. The fraction of sp³-hybridized carbons (Fsp3) is 0.870. The van der Waals surface area contributed by atoms with E-state index >= 15 is 0 Å². The topological polar surface area (TPSA) is 100 Å². The molecule has 0 radical (unpaired) electrons. The van der Waals surface area contributed by atoms with E-state index < -0.39 is 0 Å². The largest absolute Gasteiger partial charge is 0.465 e. The van der Waals surface area contributed by atoms with Crippen LogP contribution < -0.4 is 10.6 Å². The van der Waals surface area contributed by atoms with Crippen LogP contribution in [0, 0.1) is 11.8 Å². The minimum absolute atomic E-state index is 0.00454. The van der Waals surface area contributed by atoms with E-state index in [0.717, 1.165) is 32.2 Å². The lowest BCUT2D eigenvalue weighted by molar-refractivity contribution is -0.149. The van der Waals surface area contributed by atoms with Crippen LogP contribution in [0.3, 0.4) is 0 Å². The molecule has 186 valence electrons. The summed E-state index contributed by atoms with van der Waals surface area (Å²) >= 11 is 0. The molecule has 32 heavy (non-hydrogen) atoms. The average molecular weight is 457 g/mol. The van der Waals surface area contributed by atoms with Crippen molar-refractivity contribution in [3.05, 3.63) is 0 Å². The molecule has 0 aliphatic carbocycles. The van der Waals surface area contributed by atoms with E-state index in [2.05, 4.69) is 24.5 Å². The van der Waals surface area contributed by atoms with Gasteiger partial charge in [-0.15, -0.1) is 0 Å². The first kappa shape index (κ1) is 28.3. The highest BCUT2D eigenvalue weighted by molar-refractivity contribution is 5.86. The number of nitrogens with zero attached hydrogens (tertiary/aromatic N) is 2. The first-order chi connectivity index (χ1) is 15.3. The van der Waals surface area contributed by atoms with Gasteiger partial charge in [0, 0.05) is 26.7 Å². The molecule has 2 aliphatic heterocycles. The number of amides is 2. The number of ether oxygens (including phenoxy) is 2. The molecule has 2 fully saturated rings. The Morgan fingerprint density at radius 1 is 0.938 bits per heavy atom. The Morgan fingerprint density at radius 2 is 1.44 bits per heavy atom. The minimum Gasteiger partial charge on any atom is -0.465 e. The normalized spacial score (nSPS) is 26.7. The summed E-state index contributed by atoms with van der Waals surface area (Å²) in [6.07, 6.45) is 3.88. The highest BCUT2D eigenvalue weighted by atomic mass is 16.5. The van der Waals surface area contributed by atoms with Crippen molar-refractivity contribution in [3.63, 3.8) is 0 Å². The molecule has 9 nitrogen and oxygen atoms in total. The highest BCUT2D eigenvalue weighted by Gasteiger charge is 2.30. The standard InChI is InChI=1S/C12H22N2O3.C11H22N2O2/c1-4-17-11(15)8-14-7-9(2)5-6-10(13-3)12(14)16;1-9-4-5-10(12-2)11(14)13(8-9)6-7-15-3/h9-10,13H,4-8H2,1-3H3;9-10,12H,4-8H2,1-3H3. The highest BCUT2D eigenvalue weighted by Crippen LogP contribution is 2.18. The van der Waals surface area contributed by atoms with Gasteiger partial charge < -0.3 is 29.9 Å². The van der Waals surface area contributed by atoms with E-state index in [1.165, 1.54) is 0 Å². The second-order valence-electron chi connectivity index (χ2n) is 8.85. The predicted molar refractivity (Wildman–Crippen MR) is 124 cm³/mol. The molecule has 2 aliphatic rings. The molecule has 4 atom stereocenters. The molecule has 0 aromatic rings. The van der Waals surface area contributed by atoms with Crippen LogP contribution in [0.4, 0.5) is 0 Å². The lowest BCUT2D eigenvalue weighted by Gasteiger charge is -2.24. The lowest BCUT2D eigenvalue weighted by Crippen LogP contribution is -2.46. The number of carbonyl (C=O) groups is 3. The van der Waals surface area contributed by atoms with Crippen molar-refractivity contribution in [2.24, 2.45) is 11.8 Å². The van der Waals surface area contributed by atoms with Crippen LogP contribution in [0.15, 0.2) is 0 Å². The Labute approximate surface area is 193 Å². The Kier molecular flexibility index (Phi) is 13.4. The Morgan fingerprint density at radius 3 is 1.91 bits per heavy atom. The van der Waals surface area contributed by atoms with E-state index in [0.29, 0.717) is 38.1 Å². The average Bonchev–Trinajstić information content (AvgIpc) is 2.98. The zero-order valence-electron chi connectivity index (χ0n) is 20.8. The Hall–Kier alpha value is -1.71. The zero-order chi connectivity index (χ0) is 24.1. The van der Waals surface area contributed by atoms with Gasteiger partial charge in [0.15, 0.2) is 0 Å². The van der Waals surface area contributed by atoms with E-state index in [1.807, 2.05) is 11.9 Å². The van der Waals surface area contributed by atoms with Crippen molar-refractivity contribution in [3.8, 4) is 0 Å². The molecule has 4 unspecified atom stereocenters. The summed E-state index contributed by atoms with van der Waals surface area (Å²) in [5, 5.41) is 6.09. The van der Waals surface area contributed by atoms with Crippen LogP contribution in [-0.4, -0.2) is 100 Å². The SMILES string of the molecule is CCOC(=O)CN1CC(C)CCC(NC)C1=O.CNC1CCC(C)CN(CCOC)C1=O.